The van der Waals surface area contributed by atoms with Crippen LogP contribution in [0.5, 0.6) is 0 Å². The summed E-state index contributed by atoms with van der Waals surface area (Å²) in [5.41, 5.74) is 1.67. The van der Waals surface area contributed by atoms with Crippen LogP contribution in [-0.4, -0.2) is 16.1 Å². The van der Waals surface area contributed by atoms with Gasteiger partial charge in [-0.2, -0.15) is 0 Å². The molecule has 1 amide bonds. The zero-order valence-electron chi connectivity index (χ0n) is 8.93. The van der Waals surface area contributed by atoms with E-state index in [2.05, 4.69) is 15.5 Å². The summed E-state index contributed by atoms with van der Waals surface area (Å²) in [5.74, 6) is -0.909. The summed E-state index contributed by atoms with van der Waals surface area (Å²) in [7, 11) is 0. The molecule has 0 aliphatic heterocycles. The molecule has 0 bridgehead atoms. The molecule has 0 saturated heterocycles. The zero-order chi connectivity index (χ0) is 13.0. The number of benzene rings is 1. The minimum Gasteiger partial charge on any atom is -0.297 e. The molecule has 0 radical (unpaired) electrons. The molecule has 0 fully saturated rings. The van der Waals surface area contributed by atoms with E-state index in [1.54, 1.807) is 6.07 Å². The van der Waals surface area contributed by atoms with Crippen LogP contribution in [0.15, 0.2) is 29.8 Å². The first-order valence-corrected chi connectivity index (χ1v) is 6.12. The summed E-state index contributed by atoms with van der Waals surface area (Å²) in [4.78, 5) is 11.5. The molecule has 2 aromatic rings. The summed E-state index contributed by atoms with van der Waals surface area (Å²) in [6, 6.07) is 4.32. The average molecular weight is 284 g/mol. The van der Waals surface area contributed by atoms with Gasteiger partial charge in [-0.05, 0) is 18.2 Å². The van der Waals surface area contributed by atoms with Crippen molar-refractivity contribution < 1.29 is 9.18 Å². The molecular formula is C11H7ClFN3OS. The Labute approximate surface area is 111 Å². The van der Waals surface area contributed by atoms with E-state index in [0.717, 1.165) is 0 Å². The fraction of sp³-hybridized carbons (Fsp3) is 0. The normalized spacial score (nSPS) is 10.8. The Morgan fingerprint density at radius 2 is 2.33 bits per heavy atom. The molecule has 1 heterocycles. The van der Waals surface area contributed by atoms with Gasteiger partial charge in [0.15, 0.2) is 0 Å². The van der Waals surface area contributed by atoms with E-state index in [4.69, 9.17) is 11.6 Å². The fourth-order valence-electron chi connectivity index (χ4n) is 1.20. The van der Waals surface area contributed by atoms with E-state index in [9.17, 15) is 9.18 Å². The van der Waals surface area contributed by atoms with Crippen molar-refractivity contribution in [3.05, 3.63) is 46.2 Å². The van der Waals surface area contributed by atoms with E-state index in [1.165, 1.54) is 41.1 Å². The van der Waals surface area contributed by atoms with Crippen molar-refractivity contribution in [1.29, 1.82) is 0 Å². The van der Waals surface area contributed by atoms with Crippen LogP contribution in [0.1, 0.15) is 5.56 Å². The van der Waals surface area contributed by atoms with Gasteiger partial charge < -0.3 is 0 Å². The van der Waals surface area contributed by atoms with Crippen molar-refractivity contribution in [2.45, 2.75) is 0 Å². The summed E-state index contributed by atoms with van der Waals surface area (Å²) < 4.78 is 13.4. The molecular weight excluding hydrogens is 277 g/mol. The van der Waals surface area contributed by atoms with Gasteiger partial charge in [-0.3, -0.25) is 10.1 Å². The Bertz CT molecular complexity index is 566. The Hall–Kier alpha value is -1.79. The standard InChI is InChI=1S/C11H7ClFN3OS/c12-8-2-1-3-9(13)7(8)4-5-10(17)15-11-16-14-6-18-11/h1-6H,(H,15,16,17)/b5-4+. The highest BCUT2D eigenvalue weighted by atomic mass is 35.5. The third-order valence-electron chi connectivity index (χ3n) is 1.99. The van der Waals surface area contributed by atoms with E-state index in [-0.39, 0.29) is 10.6 Å². The molecule has 7 heteroatoms. The second kappa shape index (κ2) is 5.70. The molecule has 0 aliphatic rings. The molecule has 0 atom stereocenters. The topological polar surface area (TPSA) is 54.9 Å². The first-order valence-electron chi connectivity index (χ1n) is 4.86. The van der Waals surface area contributed by atoms with Gasteiger partial charge in [-0.1, -0.05) is 29.0 Å². The second-order valence-corrected chi connectivity index (χ2v) is 4.44. The number of amides is 1. The molecule has 0 spiro atoms. The first kappa shape index (κ1) is 12.7. The van der Waals surface area contributed by atoms with E-state index < -0.39 is 11.7 Å². The van der Waals surface area contributed by atoms with E-state index >= 15 is 0 Å². The number of anilines is 1. The first-order chi connectivity index (χ1) is 8.66. The van der Waals surface area contributed by atoms with Crippen LogP contribution in [0.25, 0.3) is 6.08 Å². The summed E-state index contributed by atoms with van der Waals surface area (Å²) in [6.07, 6.45) is 2.50. The number of aromatic nitrogens is 2. The lowest BCUT2D eigenvalue weighted by atomic mass is 10.2. The van der Waals surface area contributed by atoms with Crippen molar-refractivity contribution in [3.63, 3.8) is 0 Å². The largest absolute Gasteiger partial charge is 0.297 e. The van der Waals surface area contributed by atoms with Gasteiger partial charge in [0.2, 0.25) is 11.0 Å². The lowest BCUT2D eigenvalue weighted by molar-refractivity contribution is -0.111. The third-order valence-corrected chi connectivity index (χ3v) is 2.93. The summed E-state index contributed by atoms with van der Waals surface area (Å²) >= 11 is 7.00. The molecule has 2 rings (SSSR count). The van der Waals surface area contributed by atoms with Crippen LogP contribution in [0.3, 0.4) is 0 Å². The minimum absolute atomic E-state index is 0.173. The number of rotatable bonds is 3. The summed E-state index contributed by atoms with van der Waals surface area (Å²) in [6.45, 7) is 0. The molecule has 1 aromatic heterocycles. The van der Waals surface area contributed by atoms with Crippen LogP contribution in [0, 0.1) is 5.82 Å². The van der Waals surface area contributed by atoms with Gasteiger partial charge in [-0.25, -0.2) is 4.39 Å². The monoisotopic (exact) mass is 283 g/mol. The van der Waals surface area contributed by atoms with Gasteiger partial charge in [0.1, 0.15) is 11.3 Å². The highest BCUT2D eigenvalue weighted by Gasteiger charge is 2.05. The van der Waals surface area contributed by atoms with Gasteiger partial charge in [0.05, 0.1) is 5.02 Å². The fourth-order valence-corrected chi connectivity index (χ4v) is 1.88. The molecule has 4 nitrogen and oxygen atoms in total. The molecule has 0 aliphatic carbocycles. The Morgan fingerprint density at radius 1 is 1.50 bits per heavy atom. The number of hydrogen-bond acceptors (Lipinski definition) is 4. The zero-order valence-corrected chi connectivity index (χ0v) is 10.5. The number of nitrogens with one attached hydrogen (secondary N) is 1. The Balaban J connectivity index is 2.09. The molecule has 92 valence electrons. The predicted molar refractivity (Wildman–Crippen MR) is 69.0 cm³/mol. The number of hydrogen-bond donors (Lipinski definition) is 1. The quantitative estimate of drug-likeness (QED) is 0.881. The predicted octanol–water partition coefficient (Wildman–Crippen LogP) is 2.98. The highest BCUT2D eigenvalue weighted by molar-refractivity contribution is 7.13. The van der Waals surface area contributed by atoms with Gasteiger partial charge in [0, 0.05) is 11.6 Å². The van der Waals surface area contributed by atoms with Gasteiger partial charge in [-0.15, -0.1) is 10.2 Å². The highest BCUT2D eigenvalue weighted by Crippen LogP contribution is 2.20. The molecule has 0 unspecified atom stereocenters. The van der Waals surface area contributed by atoms with Gasteiger partial charge in [0.25, 0.3) is 0 Å². The number of carbonyl (C=O) groups excluding carboxylic acids is 1. The number of nitrogens with zero attached hydrogens (tertiary/aromatic N) is 2. The smallest absolute Gasteiger partial charge is 0.250 e. The lowest BCUT2D eigenvalue weighted by Gasteiger charge is -1.99. The number of halogens is 2. The van der Waals surface area contributed by atoms with E-state index in [1.807, 2.05) is 0 Å². The Morgan fingerprint density at radius 3 is 3.00 bits per heavy atom. The minimum atomic E-state index is -0.484. The second-order valence-electron chi connectivity index (χ2n) is 3.20. The van der Waals surface area contributed by atoms with Crippen molar-refractivity contribution >= 4 is 40.1 Å². The van der Waals surface area contributed by atoms with Crippen molar-refractivity contribution in [2.75, 3.05) is 5.32 Å². The molecule has 0 saturated carbocycles. The third kappa shape index (κ3) is 3.12. The molecule has 18 heavy (non-hydrogen) atoms. The van der Waals surface area contributed by atoms with Crippen LogP contribution < -0.4 is 5.32 Å². The SMILES string of the molecule is O=C(/C=C/c1c(F)cccc1Cl)Nc1nncs1. The van der Waals surface area contributed by atoms with Gasteiger partial charge >= 0.3 is 0 Å². The molecule has 1 aromatic carbocycles. The maximum Gasteiger partial charge on any atom is 0.250 e. The average Bonchev–Trinajstić information content (AvgIpc) is 2.81. The van der Waals surface area contributed by atoms with Crippen LogP contribution in [0.2, 0.25) is 5.02 Å². The maximum atomic E-state index is 13.4. The van der Waals surface area contributed by atoms with Crippen LogP contribution in [-0.2, 0) is 4.79 Å². The number of carbonyl (C=O) groups is 1. The van der Waals surface area contributed by atoms with Crippen molar-refractivity contribution in [1.82, 2.24) is 10.2 Å². The van der Waals surface area contributed by atoms with Crippen molar-refractivity contribution in [3.8, 4) is 0 Å². The van der Waals surface area contributed by atoms with Crippen molar-refractivity contribution in [2.24, 2.45) is 0 Å². The van der Waals surface area contributed by atoms with Crippen LogP contribution >= 0.6 is 22.9 Å². The summed E-state index contributed by atoms with van der Waals surface area (Å²) in [5, 5.41) is 10.3. The molecule has 1 N–H and O–H groups in total. The van der Waals surface area contributed by atoms with E-state index in [0.29, 0.717) is 5.13 Å². The van der Waals surface area contributed by atoms with Crippen LogP contribution in [0.4, 0.5) is 9.52 Å². The lowest BCUT2D eigenvalue weighted by Crippen LogP contribution is -2.07. The maximum absolute atomic E-state index is 13.4. The Kier molecular flexibility index (Phi) is 4.01.